The van der Waals surface area contributed by atoms with Crippen molar-refractivity contribution < 1.29 is 18.7 Å². The molecule has 1 saturated heterocycles. The number of aliphatic hydroxyl groups excluding tert-OH is 1. The minimum Gasteiger partial charge on any atom is -0.393 e. The van der Waals surface area contributed by atoms with Crippen molar-refractivity contribution in [2.24, 2.45) is 5.92 Å². The lowest BCUT2D eigenvalue weighted by atomic mass is 9.92. The fraction of sp³-hybridized carbons (Fsp3) is 0.350. The Balaban J connectivity index is 1.47. The van der Waals surface area contributed by atoms with E-state index in [1.54, 1.807) is 6.20 Å². The van der Waals surface area contributed by atoms with E-state index in [0.29, 0.717) is 5.69 Å². The molecule has 0 saturated carbocycles. The third-order valence-corrected chi connectivity index (χ3v) is 6.94. The lowest BCUT2D eigenvalue weighted by molar-refractivity contribution is 0.102. The van der Waals surface area contributed by atoms with Crippen LogP contribution in [0, 0.1) is 17.6 Å². The number of halogens is 2. The summed E-state index contributed by atoms with van der Waals surface area (Å²) < 4.78 is 32.2. The summed E-state index contributed by atoms with van der Waals surface area (Å²) >= 11 is 2.30. The maximum Gasteiger partial charge on any atom is 0.275 e. The van der Waals surface area contributed by atoms with E-state index in [-0.39, 0.29) is 28.3 Å². The van der Waals surface area contributed by atoms with Gasteiger partial charge in [-0.1, -0.05) is 6.07 Å². The zero-order valence-corrected chi connectivity index (χ0v) is 17.8. The first-order valence-corrected chi connectivity index (χ1v) is 11.2. The normalized spacial score (nSPS) is 15.9. The van der Waals surface area contributed by atoms with Crippen LogP contribution in [-0.4, -0.2) is 39.6 Å². The van der Waals surface area contributed by atoms with Crippen LogP contribution >= 0.6 is 22.9 Å². The summed E-state index contributed by atoms with van der Waals surface area (Å²) in [4.78, 5) is 18.9. The summed E-state index contributed by atoms with van der Waals surface area (Å²) in [5.41, 5.74) is 0.426. The molecule has 1 atom stereocenters. The number of aromatic nitrogens is 2. The van der Waals surface area contributed by atoms with Crippen LogP contribution in [0.1, 0.15) is 30.3 Å². The van der Waals surface area contributed by atoms with Crippen LogP contribution < -0.4 is 10.2 Å². The predicted octanol–water partition coefficient (Wildman–Crippen LogP) is 4.39. The number of anilines is 2. The topological polar surface area (TPSA) is 78.4 Å². The molecule has 30 heavy (non-hydrogen) atoms. The predicted molar refractivity (Wildman–Crippen MR) is 114 cm³/mol. The van der Waals surface area contributed by atoms with Gasteiger partial charge in [-0.2, -0.15) is 4.37 Å². The minimum atomic E-state index is -0.721. The lowest BCUT2D eigenvalue weighted by Gasteiger charge is -2.34. The Morgan fingerprint density at radius 2 is 2.00 bits per heavy atom. The van der Waals surface area contributed by atoms with E-state index in [1.165, 1.54) is 23.0 Å². The van der Waals surface area contributed by atoms with Crippen molar-refractivity contribution in [2.75, 3.05) is 23.3 Å². The molecular formula is C20H20F2N4O2S2. The molecule has 1 amide bonds. The molecule has 4 rings (SSSR count). The fourth-order valence-electron chi connectivity index (χ4n) is 3.51. The monoisotopic (exact) mass is 450 g/mol. The van der Waals surface area contributed by atoms with Gasteiger partial charge in [0.2, 0.25) is 0 Å². The van der Waals surface area contributed by atoms with Gasteiger partial charge >= 0.3 is 0 Å². The Morgan fingerprint density at radius 3 is 2.67 bits per heavy atom. The van der Waals surface area contributed by atoms with E-state index in [2.05, 4.69) is 19.6 Å². The first-order valence-electron chi connectivity index (χ1n) is 9.53. The summed E-state index contributed by atoms with van der Waals surface area (Å²) in [6, 6.07) is 3.59. The summed E-state index contributed by atoms with van der Waals surface area (Å²) in [5, 5.41) is 15.0. The van der Waals surface area contributed by atoms with Gasteiger partial charge in [-0.25, -0.2) is 13.8 Å². The molecule has 0 aliphatic carbocycles. The molecule has 10 heteroatoms. The molecule has 2 N–H and O–H groups in total. The van der Waals surface area contributed by atoms with E-state index in [9.17, 15) is 18.7 Å². The standard InChI is InChI=1S/C20H20F2N4O2S2/c1-11(27)12-5-7-26(8-6-12)20-15(9-23-30-20)24-18(28)16-10-29-19(25-16)17-13(21)3-2-4-14(17)22/h2-4,9-12,27H,5-8H2,1H3,(H,24,28). The van der Waals surface area contributed by atoms with Crippen molar-refractivity contribution in [1.82, 2.24) is 9.36 Å². The molecule has 3 aromatic rings. The quantitative estimate of drug-likeness (QED) is 0.603. The van der Waals surface area contributed by atoms with Crippen LogP contribution in [0.4, 0.5) is 19.5 Å². The Labute approximate surface area is 180 Å². The Kier molecular flexibility index (Phi) is 6.07. The van der Waals surface area contributed by atoms with Crippen LogP contribution in [-0.2, 0) is 0 Å². The van der Waals surface area contributed by atoms with Crippen molar-refractivity contribution in [3.63, 3.8) is 0 Å². The molecule has 1 aliphatic rings. The molecule has 2 aromatic heterocycles. The number of carbonyl (C=O) groups excluding carboxylic acids is 1. The minimum absolute atomic E-state index is 0.0858. The maximum atomic E-state index is 14.0. The van der Waals surface area contributed by atoms with Crippen molar-refractivity contribution >= 4 is 39.5 Å². The van der Waals surface area contributed by atoms with Crippen LogP contribution in [0.5, 0.6) is 0 Å². The molecule has 1 unspecified atom stereocenters. The highest BCUT2D eigenvalue weighted by molar-refractivity contribution is 7.13. The highest BCUT2D eigenvalue weighted by Gasteiger charge is 2.26. The average Bonchev–Trinajstić information content (AvgIpc) is 3.38. The second-order valence-corrected chi connectivity index (χ2v) is 8.84. The molecule has 0 bridgehead atoms. The number of thiazole rings is 1. The number of amides is 1. The van der Waals surface area contributed by atoms with Gasteiger partial charge in [-0.15, -0.1) is 11.3 Å². The number of hydrogen-bond acceptors (Lipinski definition) is 7. The van der Waals surface area contributed by atoms with Gasteiger partial charge in [-0.3, -0.25) is 4.79 Å². The number of piperidine rings is 1. The van der Waals surface area contributed by atoms with Gasteiger partial charge in [-0.05, 0) is 49.3 Å². The second kappa shape index (κ2) is 8.75. The lowest BCUT2D eigenvalue weighted by Crippen LogP contribution is -2.37. The van der Waals surface area contributed by atoms with Crippen molar-refractivity contribution in [3.8, 4) is 10.6 Å². The molecule has 6 nitrogen and oxygen atoms in total. The van der Waals surface area contributed by atoms with Gasteiger partial charge in [0.1, 0.15) is 27.3 Å². The fourth-order valence-corrected chi connectivity index (χ4v) is 5.12. The van der Waals surface area contributed by atoms with E-state index in [4.69, 9.17) is 0 Å². The number of hydrogen-bond donors (Lipinski definition) is 2. The van der Waals surface area contributed by atoms with Crippen molar-refractivity contribution in [1.29, 1.82) is 0 Å². The maximum absolute atomic E-state index is 14.0. The summed E-state index contributed by atoms with van der Waals surface area (Å²) in [5.74, 6) is -1.63. The van der Waals surface area contributed by atoms with E-state index >= 15 is 0 Å². The number of nitrogens with one attached hydrogen (secondary N) is 1. The van der Waals surface area contributed by atoms with E-state index in [1.807, 2.05) is 6.92 Å². The first kappa shape index (κ1) is 20.8. The van der Waals surface area contributed by atoms with Gasteiger partial charge in [0.05, 0.1) is 23.6 Å². The molecule has 1 aliphatic heterocycles. The second-order valence-electron chi connectivity index (χ2n) is 7.20. The van der Waals surface area contributed by atoms with Gasteiger partial charge in [0, 0.05) is 18.5 Å². The average molecular weight is 451 g/mol. The largest absolute Gasteiger partial charge is 0.393 e. The van der Waals surface area contributed by atoms with E-state index in [0.717, 1.165) is 54.4 Å². The number of benzene rings is 1. The Bertz CT molecular complexity index is 1020. The molecular weight excluding hydrogens is 430 g/mol. The highest BCUT2D eigenvalue weighted by atomic mass is 32.1. The summed E-state index contributed by atoms with van der Waals surface area (Å²) in [7, 11) is 0. The molecule has 1 fully saturated rings. The van der Waals surface area contributed by atoms with Gasteiger partial charge in [0.25, 0.3) is 5.91 Å². The first-order chi connectivity index (χ1) is 14.4. The molecule has 158 valence electrons. The summed E-state index contributed by atoms with van der Waals surface area (Å²) in [6.07, 6.45) is 2.99. The number of nitrogens with zero attached hydrogens (tertiary/aromatic N) is 3. The van der Waals surface area contributed by atoms with Crippen LogP contribution in [0.25, 0.3) is 10.6 Å². The third kappa shape index (κ3) is 4.21. The van der Waals surface area contributed by atoms with Crippen LogP contribution in [0.2, 0.25) is 0 Å². The van der Waals surface area contributed by atoms with Gasteiger partial charge in [0.15, 0.2) is 0 Å². The zero-order valence-electron chi connectivity index (χ0n) is 16.1. The van der Waals surface area contributed by atoms with Crippen molar-refractivity contribution in [3.05, 3.63) is 47.1 Å². The number of aliphatic hydroxyl groups is 1. The molecule has 3 heterocycles. The SMILES string of the molecule is CC(O)C1CCN(c2sncc2NC(=O)c2csc(-c3c(F)cccc3F)n2)CC1. The number of rotatable bonds is 5. The summed E-state index contributed by atoms with van der Waals surface area (Å²) in [6.45, 7) is 3.36. The third-order valence-electron chi connectivity index (χ3n) is 5.22. The van der Waals surface area contributed by atoms with E-state index < -0.39 is 17.5 Å². The number of carbonyl (C=O) groups is 1. The zero-order chi connectivity index (χ0) is 21.3. The van der Waals surface area contributed by atoms with Gasteiger partial charge < -0.3 is 15.3 Å². The molecule has 1 aromatic carbocycles. The smallest absolute Gasteiger partial charge is 0.275 e. The Hall–Kier alpha value is -2.43. The highest BCUT2D eigenvalue weighted by Crippen LogP contribution is 2.35. The van der Waals surface area contributed by atoms with Crippen molar-refractivity contribution in [2.45, 2.75) is 25.9 Å². The van der Waals surface area contributed by atoms with Crippen LogP contribution in [0.3, 0.4) is 0 Å². The Morgan fingerprint density at radius 1 is 1.30 bits per heavy atom. The molecule has 0 spiro atoms. The van der Waals surface area contributed by atoms with Crippen LogP contribution in [0.15, 0.2) is 29.8 Å². The molecule has 0 radical (unpaired) electrons.